The number of likely N-dealkylation sites (N-methyl/N-ethyl adjacent to an activating group) is 1. The van der Waals surface area contributed by atoms with E-state index in [4.69, 9.17) is 9.47 Å². The maximum atomic E-state index is 12.9. The summed E-state index contributed by atoms with van der Waals surface area (Å²) in [5.74, 6) is 0.863. The van der Waals surface area contributed by atoms with Gasteiger partial charge in [-0.2, -0.15) is 0 Å². The number of aliphatic hydroxyl groups excluding tert-OH is 1. The highest BCUT2D eigenvalue weighted by Gasteiger charge is 2.46. The Hall–Kier alpha value is -2.36. The molecule has 4 atom stereocenters. The van der Waals surface area contributed by atoms with Crippen LogP contribution in [0.3, 0.4) is 0 Å². The van der Waals surface area contributed by atoms with Gasteiger partial charge in [-0.25, -0.2) is 4.79 Å². The van der Waals surface area contributed by atoms with Gasteiger partial charge in [0.1, 0.15) is 18.0 Å². The van der Waals surface area contributed by atoms with Crippen LogP contribution in [0.4, 0.5) is 10.5 Å². The molecule has 2 saturated heterocycles. The number of carbonyl (C=O) groups excluding carboxylic acids is 2. The second-order valence-corrected chi connectivity index (χ2v) is 10.1. The van der Waals surface area contributed by atoms with Crippen molar-refractivity contribution in [2.75, 3.05) is 45.2 Å². The van der Waals surface area contributed by atoms with Crippen molar-refractivity contribution < 1.29 is 24.2 Å². The van der Waals surface area contributed by atoms with E-state index < -0.39 is 6.10 Å². The van der Waals surface area contributed by atoms with Gasteiger partial charge >= 0.3 is 6.03 Å². The van der Waals surface area contributed by atoms with E-state index in [0.717, 1.165) is 68.9 Å². The summed E-state index contributed by atoms with van der Waals surface area (Å²) >= 11 is 0. The standard InChI is InChI=1S/C25H36N4O5/c1-28-8-10-29(11-9-28)23(31)14-18-13-20-19-12-17(27-25(32)26-16-4-2-3-5-16)6-7-21(19)34-24(20)22(15-30)33-18/h6-7,12,16,18,20,22,24,30H,2-5,8-11,13-15H2,1H3,(H2,26,27,32)/t18-,20+,22-,24-/m1/s1. The van der Waals surface area contributed by atoms with Gasteiger partial charge in [0.25, 0.3) is 0 Å². The van der Waals surface area contributed by atoms with E-state index in [0.29, 0.717) is 12.8 Å². The predicted molar refractivity (Wildman–Crippen MR) is 127 cm³/mol. The fraction of sp³-hybridized carbons (Fsp3) is 0.680. The van der Waals surface area contributed by atoms with Gasteiger partial charge in [-0.3, -0.25) is 4.79 Å². The van der Waals surface area contributed by atoms with Gasteiger partial charge in [0.2, 0.25) is 5.91 Å². The van der Waals surface area contributed by atoms with Crippen molar-refractivity contribution in [3.05, 3.63) is 23.8 Å². The van der Waals surface area contributed by atoms with Gasteiger partial charge in [0.05, 0.1) is 19.1 Å². The van der Waals surface area contributed by atoms with E-state index in [1.165, 1.54) is 0 Å². The molecule has 0 bridgehead atoms. The summed E-state index contributed by atoms with van der Waals surface area (Å²) in [6.45, 7) is 3.07. The van der Waals surface area contributed by atoms with Crippen molar-refractivity contribution in [3.8, 4) is 5.75 Å². The van der Waals surface area contributed by atoms with Crippen LogP contribution in [0.15, 0.2) is 18.2 Å². The molecule has 0 spiro atoms. The monoisotopic (exact) mass is 472 g/mol. The first kappa shape index (κ1) is 23.4. The Labute approximate surface area is 200 Å². The molecule has 1 aliphatic carbocycles. The SMILES string of the molecule is CN1CCN(C(=O)C[C@H]2C[C@H]3c4cc(NC(=O)NC5CCCC5)ccc4O[C@H]3[C@@H](CO)O2)CC1. The number of nitrogens with one attached hydrogen (secondary N) is 2. The van der Waals surface area contributed by atoms with E-state index >= 15 is 0 Å². The first-order chi connectivity index (χ1) is 16.5. The third-order valence-corrected chi connectivity index (χ3v) is 7.71. The number of carbonyl (C=O) groups is 2. The average Bonchev–Trinajstić information content (AvgIpc) is 3.46. The highest BCUT2D eigenvalue weighted by molar-refractivity contribution is 5.89. The molecule has 0 radical (unpaired) electrons. The molecule has 9 nitrogen and oxygen atoms in total. The summed E-state index contributed by atoms with van der Waals surface area (Å²) < 4.78 is 12.3. The highest BCUT2D eigenvalue weighted by Crippen LogP contribution is 2.47. The molecule has 3 aliphatic heterocycles. The van der Waals surface area contributed by atoms with E-state index in [2.05, 4.69) is 22.6 Å². The first-order valence-electron chi connectivity index (χ1n) is 12.6. The number of anilines is 1. The molecule has 34 heavy (non-hydrogen) atoms. The zero-order valence-corrected chi connectivity index (χ0v) is 19.9. The van der Waals surface area contributed by atoms with Gasteiger partial charge in [-0.1, -0.05) is 12.8 Å². The average molecular weight is 473 g/mol. The molecular formula is C25H36N4O5. The Kier molecular flexibility index (Phi) is 6.94. The van der Waals surface area contributed by atoms with Gasteiger partial charge in [0.15, 0.2) is 0 Å². The number of fused-ring (bicyclic) bond motifs is 3. The summed E-state index contributed by atoms with van der Waals surface area (Å²) in [6.07, 6.45) is 4.29. The van der Waals surface area contributed by atoms with E-state index in [9.17, 15) is 14.7 Å². The lowest BCUT2D eigenvalue weighted by Gasteiger charge is -2.38. The molecule has 4 aliphatic rings. The third kappa shape index (κ3) is 5.01. The number of piperazine rings is 1. The number of nitrogens with zero attached hydrogens (tertiary/aromatic N) is 2. The van der Waals surface area contributed by atoms with Crippen LogP contribution in [0.5, 0.6) is 5.75 Å². The van der Waals surface area contributed by atoms with Crippen molar-refractivity contribution >= 4 is 17.6 Å². The van der Waals surface area contributed by atoms with Gasteiger partial charge in [0, 0.05) is 49.4 Å². The Balaban J connectivity index is 1.25. The summed E-state index contributed by atoms with van der Waals surface area (Å²) in [6, 6.07) is 5.75. The third-order valence-electron chi connectivity index (χ3n) is 7.71. The molecule has 3 heterocycles. The van der Waals surface area contributed by atoms with E-state index in [1.54, 1.807) is 0 Å². The van der Waals surface area contributed by atoms with Crippen molar-refractivity contribution in [2.45, 2.75) is 68.8 Å². The van der Waals surface area contributed by atoms with Crippen LogP contribution in [-0.4, -0.2) is 91.0 Å². The number of urea groups is 1. The summed E-state index contributed by atoms with van der Waals surface area (Å²) in [4.78, 5) is 29.5. The number of aliphatic hydroxyl groups is 1. The molecule has 5 rings (SSSR count). The molecule has 3 N–H and O–H groups in total. The highest BCUT2D eigenvalue weighted by atomic mass is 16.6. The fourth-order valence-corrected chi connectivity index (χ4v) is 5.77. The Morgan fingerprint density at radius 2 is 1.91 bits per heavy atom. The van der Waals surface area contributed by atoms with Crippen molar-refractivity contribution in [1.29, 1.82) is 0 Å². The lowest BCUT2D eigenvalue weighted by atomic mass is 9.84. The molecule has 1 saturated carbocycles. The fourth-order valence-electron chi connectivity index (χ4n) is 5.77. The first-order valence-corrected chi connectivity index (χ1v) is 12.6. The molecule has 186 valence electrons. The lowest BCUT2D eigenvalue weighted by Crippen LogP contribution is -2.50. The molecule has 1 aromatic carbocycles. The van der Waals surface area contributed by atoms with Gasteiger partial charge in [-0.15, -0.1) is 0 Å². The summed E-state index contributed by atoms with van der Waals surface area (Å²) in [7, 11) is 2.07. The van der Waals surface area contributed by atoms with E-state index in [-0.39, 0.29) is 42.7 Å². The van der Waals surface area contributed by atoms with Crippen LogP contribution >= 0.6 is 0 Å². The lowest BCUT2D eigenvalue weighted by molar-refractivity contribution is -0.150. The number of ether oxygens (including phenoxy) is 2. The predicted octanol–water partition coefficient (Wildman–Crippen LogP) is 1.91. The molecule has 0 unspecified atom stereocenters. The largest absolute Gasteiger partial charge is 0.487 e. The molecule has 9 heteroatoms. The summed E-state index contributed by atoms with van der Waals surface area (Å²) in [5, 5.41) is 16.0. The maximum Gasteiger partial charge on any atom is 0.319 e. The van der Waals surface area contributed by atoms with Crippen LogP contribution in [0.1, 0.15) is 50.0 Å². The molecule has 3 amide bonds. The number of hydrogen-bond donors (Lipinski definition) is 3. The number of amides is 3. The van der Waals surface area contributed by atoms with Crippen LogP contribution in [0.2, 0.25) is 0 Å². The topological polar surface area (TPSA) is 103 Å². The quantitative estimate of drug-likeness (QED) is 0.605. The zero-order chi connectivity index (χ0) is 23.7. The number of benzene rings is 1. The minimum atomic E-state index is -0.487. The van der Waals surface area contributed by atoms with Crippen LogP contribution in [-0.2, 0) is 9.53 Å². The van der Waals surface area contributed by atoms with Gasteiger partial charge < -0.3 is 35.0 Å². The minimum Gasteiger partial charge on any atom is -0.487 e. The van der Waals surface area contributed by atoms with E-state index in [1.807, 2.05) is 23.1 Å². The van der Waals surface area contributed by atoms with Gasteiger partial charge in [-0.05, 0) is 44.5 Å². The van der Waals surface area contributed by atoms with Crippen molar-refractivity contribution in [3.63, 3.8) is 0 Å². The molecular weight excluding hydrogens is 436 g/mol. The number of hydrogen-bond acceptors (Lipinski definition) is 6. The maximum absolute atomic E-state index is 12.9. The summed E-state index contributed by atoms with van der Waals surface area (Å²) in [5.41, 5.74) is 1.72. The van der Waals surface area contributed by atoms with Crippen molar-refractivity contribution in [2.24, 2.45) is 0 Å². The Morgan fingerprint density at radius 3 is 2.65 bits per heavy atom. The number of rotatable bonds is 5. The molecule has 0 aromatic heterocycles. The smallest absolute Gasteiger partial charge is 0.319 e. The Bertz CT molecular complexity index is 897. The Morgan fingerprint density at radius 1 is 1.15 bits per heavy atom. The normalized spacial score (nSPS) is 29.3. The molecule has 3 fully saturated rings. The minimum absolute atomic E-state index is 0.00540. The second-order valence-electron chi connectivity index (χ2n) is 10.1. The zero-order valence-electron chi connectivity index (χ0n) is 19.9. The molecule has 1 aromatic rings. The van der Waals surface area contributed by atoms with Crippen LogP contribution in [0, 0.1) is 0 Å². The van der Waals surface area contributed by atoms with Crippen LogP contribution < -0.4 is 15.4 Å². The van der Waals surface area contributed by atoms with Crippen molar-refractivity contribution in [1.82, 2.24) is 15.1 Å². The second kappa shape index (κ2) is 10.1. The van der Waals surface area contributed by atoms with Crippen LogP contribution in [0.25, 0.3) is 0 Å².